The van der Waals surface area contributed by atoms with Crippen LogP contribution < -0.4 is 10.1 Å². The van der Waals surface area contributed by atoms with Crippen molar-refractivity contribution in [2.45, 2.75) is 26.7 Å². The minimum Gasteiger partial charge on any atom is -0.493 e. The third-order valence-corrected chi connectivity index (χ3v) is 6.91. The molecule has 180 valence electrons. The topological polar surface area (TPSA) is 75.7 Å². The summed E-state index contributed by atoms with van der Waals surface area (Å²) in [5.74, 6) is -0.343. The van der Waals surface area contributed by atoms with E-state index in [4.69, 9.17) is 16.3 Å². The highest BCUT2D eigenvalue weighted by Gasteiger charge is 2.36. The number of nitrogens with zero attached hydrogens (tertiary/aromatic N) is 1. The second-order valence-electron chi connectivity index (χ2n) is 8.18. The maximum absolute atomic E-state index is 13.1. The van der Waals surface area contributed by atoms with E-state index in [0.717, 1.165) is 51.4 Å². The van der Waals surface area contributed by atoms with E-state index in [1.54, 1.807) is 24.3 Å². The van der Waals surface area contributed by atoms with Gasteiger partial charge in [0.25, 0.3) is 11.1 Å². The maximum Gasteiger partial charge on any atom is 0.294 e. The smallest absolute Gasteiger partial charge is 0.294 e. The van der Waals surface area contributed by atoms with Crippen LogP contribution in [0.3, 0.4) is 0 Å². The van der Waals surface area contributed by atoms with Gasteiger partial charge in [-0.2, -0.15) is 0 Å². The van der Waals surface area contributed by atoms with Gasteiger partial charge in [0.2, 0.25) is 5.91 Å². The SMILES string of the molecule is CCCCOc1ccc2ccccc2c1/C=C1\SC(=O)N(CC(=O)Nc2ccc(C)c(Cl)c2)C1=O. The molecule has 0 atom stereocenters. The molecule has 0 bridgehead atoms. The maximum atomic E-state index is 13.1. The molecule has 8 heteroatoms. The van der Waals surface area contributed by atoms with Crippen LogP contribution in [0.4, 0.5) is 10.5 Å². The highest BCUT2D eigenvalue weighted by Crippen LogP contribution is 2.37. The Morgan fingerprint density at radius 1 is 1.14 bits per heavy atom. The van der Waals surface area contributed by atoms with E-state index < -0.39 is 17.1 Å². The minimum absolute atomic E-state index is 0.248. The summed E-state index contributed by atoms with van der Waals surface area (Å²) in [6.45, 7) is 4.12. The number of fused-ring (bicyclic) bond motifs is 1. The molecule has 1 aliphatic heterocycles. The van der Waals surface area contributed by atoms with Crippen LogP contribution in [0.1, 0.15) is 30.9 Å². The number of nitrogens with one attached hydrogen (secondary N) is 1. The van der Waals surface area contributed by atoms with Crippen LogP contribution in [0.5, 0.6) is 5.75 Å². The zero-order valence-corrected chi connectivity index (χ0v) is 21.0. The number of anilines is 1. The molecule has 3 amide bonds. The van der Waals surface area contributed by atoms with Crippen LogP contribution in [0.25, 0.3) is 16.8 Å². The van der Waals surface area contributed by atoms with Crippen molar-refractivity contribution in [1.82, 2.24) is 4.90 Å². The molecule has 1 heterocycles. The first kappa shape index (κ1) is 24.8. The summed E-state index contributed by atoms with van der Waals surface area (Å²) >= 11 is 6.93. The molecule has 3 aromatic rings. The molecule has 0 aromatic heterocycles. The van der Waals surface area contributed by atoms with Gasteiger partial charge in [0.05, 0.1) is 11.5 Å². The van der Waals surface area contributed by atoms with Gasteiger partial charge in [-0.3, -0.25) is 19.3 Å². The standard InChI is InChI=1S/C27H25ClN2O4S/c1-3-4-13-34-23-12-10-18-7-5-6-8-20(18)21(23)15-24-26(32)30(27(33)35-24)16-25(31)29-19-11-9-17(2)22(28)14-19/h5-12,14-15H,3-4,13,16H2,1-2H3,(H,29,31)/b24-15-. The van der Waals surface area contributed by atoms with Gasteiger partial charge in [0.1, 0.15) is 12.3 Å². The summed E-state index contributed by atoms with van der Waals surface area (Å²) in [6.07, 6.45) is 3.59. The number of carbonyl (C=O) groups is 3. The van der Waals surface area contributed by atoms with E-state index in [2.05, 4.69) is 12.2 Å². The fourth-order valence-electron chi connectivity index (χ4n) is 3.66. The van der Waals surface area contributed by atoms with Crippen molar-refractivity contribution in [1.29, 1.82) is 0 Å². The number of hydrogen-bond acceptors (Lipinski definition) is 5. The molecule has 0 unspecified atom stereocenters. The Hall–Kier alpha value is -3.29. The van der Waals surface area contributed by atoms with Crippen molar-refractivity contribution in [2.24, 2.45) is 0 Å². The zero-order valence-electron chi connectivity index (χ0n) is 19.5. The van der Waals surface area contributed by atoms with Crippen molar-refractivity contribution in [2.75, 3.05) is 18.5 Å². The Bertz CT molecular complexity index is 1340. The number of thioether (sulfide) groups is 1. The predicted molar refractivity (Wildman–Crippen MR) is 142 cm³/mol. The molecule has 1 fully saturated rings. The van der Waals surface area contributed by atoms with Crippen LogP contribution in [0, 0.1) is 6.92 Å². The molecule has 4 rings (SSSR count). The van der Waals surface area contributed by atoms with Crippen molar-refractivity contribution in [3.8, 4) is 5.75 Å². The van der Waals surface area contributed by atoms with Crippen LogP contribution in [0.2, 0.25) is 5.02 Å². The molecule has 35 heavy (non-hydrogen) atoms. The van der Waals surface area contributed by atoms with E-state index in [9.17, 15) is 14.4 Å². The molecular weight excluding hydrogens is 484 g/mol. The lowest BCUT2D eigenvalue weighted by Gasteiger charge is -2.13. The quantitative estimate of drug-likeness (QED) is 0.272. The third kappa shape index (κ3) is 5.69. The minimum atomic E-state index is -0.510. The van der Waals surface area contributed by atoms with E-state index >= 15 is 0 Å². The summed E-state index contributed by atoms with van der Waals surface area (Å²) < 4.78 is 6.00. The van der Waals surface area contributed by atoms with Crippen LogP contribution in [0.15, 0.2) is 59.5 Å². The van der Waals surface area contributed by atoms with Gasteiger partial charge in [0.15, 0.2) is 0 Å². The van der Waals surface area contributed by atoms with Gasteiger partial charge in [-0.25, -0.2) is 0 Å². The lowest BCUT2D eigenvalue weighted by atomic mass is 10.0. The van der Waals surface area contributed by atoms with Crippen LogP contribution >= 0.6 is 23.4 Å². The van der Waals surface area contributed by atoms with Crippen molar-refractivity contribution < 1.29 is 19.1 Å². The number of imide groups is 1. The summed E-state index contributed by atoms with van der Waals surface area (Å²) in [5.41, 5.74) is 2.12. The van der Waals surface area contributed by atoms with E-state index in [1.165, 1.54) is 0 Å². The largest absolute Gasteiger partial charge is 0.493 e. The second-order valence-corrected chi connectivity index (χ2v) is 9.58. The molecule has 1 N–H and O–H groups in total. The fourth-order valence-corrected chi connectivity index (χ4v) is 4.66. The lowest BCUT2D eigenvalue weighted by Crippen LogP contribution is -2.36. The Kier molecular flexibility index (Phi) is 7.78. The number of aryl methyl sites for hydroxylation is 1. The Labute approximate surface area is 213 Å². The molecule has 3 aromatic carbocycles. The summed E-state index contributed by atoms with van der Waals surface area (Å²) in [7, 11) is 0. The monoisotopic (exact) mass is 508 g/mol. The van der Waals surface area contributed by atoms with Crippen molar-refractivity contribution in [3.63, 3.8) is 0 Å². The average molecular weight is 509 g/mol. The van der Waals surface area contributed by atoms with E-state index in [0.29, 0.717) is 23.1 Å². The Morgan fingerprint density at radius 2 is 1.94 bits per heavy atom. The number of hydrogen-bond donors (Lipinski definition) is 1. The van der Waals surface area contributed by atoms with Gasteiger partial charge in [-0.1, -0.05) is 61.3 Å². The number of benzene rings is 3. The average Bonchev–Trinajstić information content (AvgIpc) is 3.10. The molecule has 0 saturated carbocycles. The molecule has 0 aliphatic carbocycles. The van der Waals surface area contributed by atoms with E-state index in [-0.39, 0.29) is 11.4 Å². The highest BCUT2D eigenvalue weighted by molar-refractivity contribution is 8.18. The molecule has 0 radical (unpaired) electrons. The first-order valence-electron chi connectivity index (χ1n) is 11.3. The van der Waals surface area contributed by atoms with E-state index in [1.807, 2.05) is 43.3 Å². The normalized spacial score (nSPS) is 14.7. The number of unbranched alkanes of at least 4 members (excludes halogenated alkanes) is 1. The predicted octanol–water partition coefficient (Wildman–Crippen LogP) is 6.66. The van der Waals surface area contributed by atoms with Crippen molar-refractivity contribution >= 4 is 63.0 Å². The second kappa shape index (κ2) is 11.0. The molecular formula is C27H25ClN2O4S. The molecule has 6 nitrogen and oxygen atoms in total. The van der Waals surface area contributed by atoms with Gasteiger partial charge in [-0.05, 0) is 65.7 Å². The number of halogens is 1. The third-order valence-electron chi connectivity index (χ3n) is 5.59. The molecule has 1 aliphatic rings. The van der Waals surface area contributed by atoms with Crippen LogP contribution in [-0.4, -0.2) is 35.1 Å². The highest BCUT2D eigenvalue weighted by atomic mass is 35.5. The Balaban J connectivity index is 1.57. The summed E-state index contributed by atoms with van der Waals surface area (Å²) in [5, 5.41) is 4.63. The summed E-state index contributed by atoms with van der Waals surface area (Å²) in [4.78, 5) is 39.5. The molecule has 1 saturated heterocycles. The van der Waals surface area contributed by atoms with Gasteiger partial charge >= 0.3 is 0 Å². The number of ether oxygens (including phenoxy) is 1. The lowest BCUT2D eigenvalue weighted by molar-refractivity contribution is -0.127. The van der Waals surface area contributed by atoms with Gasteiger partial charge < -0.3 is 10.1 Å². The zero-order chi connectivity index (χ0) is 24.9. The molecule has 0 spiro atoms. The first-order valence-corrected chi connectivity index (χ1v) is 12.5. The van der Waals surface area contributed by atoms with Crippen LogP contribution in [-0.2, 0) is 9.59 Å². The Morgan fingerprint density at radius 3 is 2.71 bits per heavy atom. The van der Waals surface area contributed by atoms with Crippen molar-refractivity contribution in [3.05, 3.63) is 75.7 Å². The van der Waals surface area contributed by atoms with Gasteiger partial charge in [0, 0.05) is 16.3 Å². The summed E-state index contributed by atoms with van der Waals surface area (Å²) in [6, 6.07) is 16.8. The number of amides is 3. The number of carbonyl (C=O) groups excluding carboxylic acids is 3. The van der Waals surface area contributed by atoms with Gasteiger partial charge in [-0.15, -0.1) is 0 Å². The first-order chi connectivity index (χ1) is 16.9. The fraction of sp³-hybridized carbons (Fsp3) is 0.222. The number of rotatable bonds is 8.